The van der Waals surface area contributed by atoms with Crippen LogP contribution in [0.15, 0.2) is 30.3 Å². The van der Waals surface area contributed by atoms with E-state index in [-0.39, 0.29) is 29.8 Å². The highest BCUT2D eigenvalue weighted by Crippen LogP contribution is 2.45. The van der Waals surface area contributed by atoms with Crippen molar-refractivity contribution in [2.45, 2.75) is 64.5 Å². The number of likely N-dealkylation sites (N-methyl/N-ethyl adjacent to an activating group) is 1. The zero-order valence-electron chi connectivity index (χ0n) is 22.4. The second kappa shape index (κ2) is 10.9. The molecule has 1 saturated carbocycles. The number of nitrogens with one attached hydrogen (secondary N) is 2. The third kappa shape index (κ3) is 5.75. The van der Waals surface area contributed by atoms with Crippen LogP contribution in [0.2, 0.25) is 0 Å². The number of amides is 4. The molecule has 0 bridgehead atoms. The first-order valence-electron chi connectivity index (χ1n) is 13.5. The SMILES string of the molecule is CCC(C)(C)C1CCC2(CC1)NC(=O)N(CC(=O)NC(CN1CCN(C)CC1)c1ccccc1)C2=O. The van der Waals surface area contributed by atoms with Gasteiger partial charge in [0.2, 0.25) is 5.91 Å². The van der Waals surface area contributed by atoms with Gasteiger partial charge in [0.15, 0.2) is 0 Å². The fourth-order valence-electron chi connectivity index (χ4n) is 5.93. The first kappa shape index (κ1) is 26.6. The van der Waals surface area contributed by atoms with Crippen molar-refractivity contribution in [2.24, 2.45) is 11.3 Å². The summed E-state index contributed by atoms with van der Waals surface area (Å²) in [6, 6.07) is 9.27. The number of hydrogen-bond donors (Lipinski definition) is 2. The number of nitrogens with zero attached hydrogens (tertiary/aromatic N) is 3. The van der Waals surface area contributed by atoms with Gasteiger partial charge in [0.1, 0.15) is 12.1 Å². The van der Waals surface area contributed by atoms with Gasteiger partial charge < -0.3 is 15.5 Å². The Kier molecular flexibility index (Phi) is 8.05. The Morgan fingerprint density at radius 2 is 1.75 bits per heavy atom. The molecular weight excluding hydrogens is 454 g/mol. The predicted molar refractivity (Wildman–Crippen MR) is 140 cm³/mol. The van der Waals surface area contributed by atoms with E-state index in [4.69, 9.17) is 0 Å². The summed E-state index contributed by atoms with van der Waals surface area (Å²) >= 11 is 0. The number of benzene rings is 1. The molecule has 1 atom stereocenters. The third-order valence-electron chi connectivity index (χ3n) is 8.98. The highest BCUT2D eigenvalue weighted by molar-refractivity contribution is 6.09. The summed E-state index contributed by atoms with van der Waals surface area (Å²) in [6.45, 7) is 11.1. The van der Waals surface area contributed by atoms with Crippen LogP contribution in [0.1, 0.15) is 64.5 Å². The van der Waals surface area contributed by atoms with E-state index in [9.17, 15) is 14.4 Å². The number of rotatable bonds is 8. The molecule has 0 aromatic heterocycles. The molecule has 1 unspecified atom stereocenters. The topological polar surface area (TPSA) is 85.0 Å². The molecule has 3 fully saturated rings. The molecule has 8 nitrogen and oxygen atoms in total. The highest BCUT2D eigenvalue weighted by Gasteiger charge is 2.53. The summed E-state index contributed by atoms with van der Waals surface area (Å²) in [4.78, 5) is 45.2. The average molecular weight is 498 g/mol. The first-order chi connectivity index (χ1) is 17.1. The summed E-state index contributed by atoms with van der Waals surface area (Å²) in [5.74, 6) is -0.0125. The Balaban J connectivity index is 1.39. The summed E-state index contributed by atoms with van der Waals surface area (Å²) in [6.07, 6.45) is 4.19. The minimum Gasteiger partial charge on any atom is -0.346 e. The number of hydrogen-bond acceptors (Lipinski definition) is 5. The first-order valence-corrected chi connectivity index (χ1v) is 13.5. The number of carbonyl (C=O) groups is 3. The third-order valence-corrected chi connectivity index (χ3v) is 8.98. The van der Waals surface area contributed by atoms with Gasteiger partial charge in [-0.05, 0) is 49.6 Å². The summed E-state index contributed by atoms with van der Waals surface area (Å²) < 4.78 is 0. The van der Waals surface area contributed by atoms with Crippen LogP contribution in [0.5, 0.6) is 0 Å². The van der Waals surface area contributed by atoms with Gasteiger partial charge in [-0.25, -0.2) is 4.79 Å². The van der Waals surface area contributed by atoms with E-state index in [2.05, 4.69) is 48.3 Å². The zero-order valence-corrected chi connectivity index (χ0v) is 22.4. The van der Waals surface area contributed by atoms with Crippen LogP contribution in [-0.4, -0.2) is 84.4 Å². The molecule has 1 aromatic carbocycles. The standard InChI is InChI=1S/C28H43N5O3/c1-5-27(2,3)22-11-13-28(14-12-22)25(35)33(26(36)30-28)20-24(34)29-23(21-9-7-6-8-10-21)19-32-17-15-31(4)16-18-32/h6-10,22-23H,5,11-20H2,1-4H3,(H,29,34)(H,30,36). The van der Waals surface area contributed by atoms with E-state index in [1.165, 1.54) is 0 Å². The molecule has 8 heteroatoms. The molecule has 1 spiro atoms. The fraction of sp³-hybridized carbons (Fsp3) is 0.679. The Bertz CT molecular complexity index is 934. The maximum absolute atomic E-state index is 13.4. The molecule has 2 heterocycles. The highest BCUT2D eigenvalue weighted by atomic mass is 16.2. The van der Waals surface area contributed by atoms with Crippen molar-refractivity contribution in [1.82, 2.24) is 25.3 Å². The molecular formula is C28H43N5O3. The lowest BCUT2D eigenvalue weighted by molar-refractivity contribution is -0.136. The van der Waals surface area contributed by atoms with Crippen LogP contribution < -0.4 is 10.6 Å². The van der Waals surface area contributed by atoms with E-state index in [0.29, 0.717) is 25.3 Å². The van der Waals surface area contributed by atoms with Crippen LogP contribution in [0.3, 0.4) is 0 Å². The Labute approximate surface area is 215 Å². The summed E-state index contributed by atoms with van der Waals surface area (Å²) in [5.41, 5.74) is 0.398. The van der Waals surface area contributed by atoms with Gasteiger partial charge in [-0.1, -0.05) is 57.5 Å². The van der Waals surface area contributed by atoms with Crippen molar-refractivity contribution in [3.8, 4) is 0 Å². The molecule has 0 radical (unpaired) electrons. The zero-order chi connectivity index (χ0) is 25.9. The fourth-order valence-corrected chi connectivity index (χ4v) is 5.93. The Morgan fingerprint density at radius 3 is 2.36 bits per heavy atom. The second-order valence-electron chi connectivity index (χ2n) is 11.7. The minimum absolute atomic E-state index is 0.205. The molecule has 2 N–H and O–H groups in total. The number of urea groups is 1. The van der Waals surface area contributed by atoms with Gasteiger partial charge in [0, 0.05) is 32.7 Å². The van der Waals surface area contributed by atoms with Crippen LogP contribution in [0, 0.1) is 11.3 Å². The lowest BCUT2D eigenvalue weighted by atomic mass is 9.65. The van der Waals surface area contributed by atoms with Gasteiger partial charge in [0.25, 0.3) is 5.91 Å². The number of carbonyl (C=O) groups excluding carboxylic acids is 3. The normalized spacial score (nSPS) is 26.8. The van der Waals surface area contributed by atoms with E-state index in [1.54, 1.807) is 0 Å². The van der Waals surface area contributed by atoms with Crippen LogP contribution in [0.25, 0.3) is 0 Å². The summed E-state index contributed by atoms with van der Waals surface area (Å²) in [5, 5.41) is 6.08. The van der Waals surface area contributed by atoms with E-state index in [1.807, 2.05) is 30.3 Å². The van der Waals surface area contributed by atoms with Gasteiger partial charge >= 0.3 is 6.03 Å². The van der Waals surface area contributed by atoms with Gasteiger partial charge in [0.05, 0.1) is 6.04 Å². The van der Waals surface area contributed by atoms with Gasteiger partial charge in [-0.2, -0.15) is 0 Å². The molecule has 1 aliphatic carbocycles. The van der Waals surface area contributed by atoms with Crippen molar-refractivity contribution >= 4 is 17.8 Å². The van der Waals surface area contributed by atoms with E-state index < -0.39 is 11.6 Å². The average Bonchev–Trinajstić information content (AvgIpc) is 3.09. The quantitative estimate of drug-likeness (QED) is 0.540. The van der Waals surface area contributed by atoms with Crippen LogP contribution >= 0.6 is 0 Å². The molecule has 2 saturated heterocycles. The monoisotopic (exact) mass is 497 g/mol. The molecule has 2 aliphatic heterocycles. The van der Waals surface area contributed by atoms with E-state index in [0.717, 1.165) is 55.9 Å². The van der Waals surface area contributed by atoms with E-state index >= 15 is 0 Å². The van der Waals surface area contributed by atoms with Crippen molar-refractivity contribution in [2.75, 3.05) is 46.3 Å². The molecule has 4 rings (SSSR count). The molecule has 198 valence electrons. The molecule has 3 aliphatic rings. The number of piperazine rings is 1. The summed E-state index contributed by atoms with van der Waals surface area (Å²) in [7, 11) is 2.12. The van der Waals surface area contributed by atoms with Gasteiger partial charge in [-0.3, -0.25) is 19.4 Å². The lowest BCUT2D eigenvalue weighted by Gasteiger charge is -2.42. The maximum atomic E-state index is 13.4. The Hall–Kier alpha value is -2.45. The lowest BCUT2D eigenvalue weighted by Crippen LogP contribution is -2.51. The van der Waals surface area contributed by atoms with Crippen molar-refractivity contribution in [1.29, 1.82) is 0 Å². The smallest absolute Gasteiger partial charge is 0.325 e. The largest absolute Gasteiger partial charge is 0.346 e. The van der Waals surface area contributed by atoms with Crippen molar-refractivity contribution < 1.29 is 14.4 Å². The molecule has 4 amide bonds. The van der Waals surface area contributed by atoms with Crippen molar-refractivity contribution in [3.05, 3.63) is 35.9 Å². The minimum atomic E-state index is -0.851. The second-order valence-corrected chi connectivity index (χ2v) is 11.7. The predicted octanol–water partition coefficient (Wildman–Crippen LogP) is 3.01. The Morgan fingerprint density at radius 1 is 1.11 bits per heavy atom. The molecule has 36 heavy (non-hydrogen) atoms. The van der Waals surface area contributed by atoms with Crippen LogP contribution in [-0.2, 0) is 9.59 Å². The maximum Gasteiger partial charge on any atom is 0.325 e. The molecule has 1 aromatic rings. The van der Waals surface area contributed by atoms with Crippen molar-refractivity contribution in [3.63, 3.8) is 0 Å². The van der Waals surface area contributed by atoms with Crippen LogP contribution in [0.4, 0.5) is 4.79 Å². The number of imide groups is 1. The van der Waals surface area contributed by atoms with Gasteiger partial charge in [-0.15, -0.1) is 0 Å².